The van der Waals surface area contributed by atoms with E-state index >= 15 is 0 Å². The average Bonchev–Trinajstić information content (AvgIpc) is 2.58. The maximum absolute atomic E-state index is 4.27. The van der Waals surface area contributed by atoms with Crippen LogP contribution in [0, 0.1) is 0 Å². The zero-order valence-electron chi connectivity index (χ0n) is 13.5. The summed E-state index contributed by atoms with van der Waals surface area (Å²) in [5.74, 6) is 1.46. The molecule has 122 valence electrons. The number of hydrogen-bond donors (Lipinski definition) is 2. The first kappa shape index (κ1) is 16.3. The Morgan fingerprint density at radius 2 is 1.54 bits per heavy atom. The van der Waals surface area contributed by atoms with Crippen molar-refractivity contribution in [3.05, 3.63) is 65.4 Å². The van der Waals surface area contributed by atoms with E-state index in [2.05, 4.69) is 53.6 Å². The van der Waals surface area contributed by atoms with Gasteiger partial charge in [0.05, 0.1) is 5.69 Å². The Morgan fingerprint density at radius 3 is 2.21 bits per heavy atom. The fourth-order valence-corrected chi connectivity index (χ4v) is 2.57. The molecule has 0 atom stereocenters. The molecule has 0 bridgehead atoms. The summed E-state index contributed by atoms with van der Waals surface area (Å²) in [5.41, 5.74) is 3.09. The van der Waals surface area contributed by atoms with Crippen LogP contribution >= 0.6 is 15.9 Å². The van der Waals surface area contributed by atoms with Crippen LogP contribution in [-0.4, -0.2) is 24.1 Å². The van der Waals surface area contributed by atoms with E-state index in [1.807, 2.05) is 56.6 Å². The smallest absolute Gasteiger partial charge is 0.135 e. The topological polar surface area (TPSA) is 53.1 Å². The minimum Gasteiger partial charge on any atom is -0.378 e. The van der Waals surface area contributed by atoms with E-state index in [4.69, 9.17) is 0 Å². The SMILES string of the molecule is CN(C)c1ccc(Nc2cc(Nc3ccccc3Br)ncn2)cc1. The quantitative estimate of drug-likeness (QED) is 0.662. The molecule has 1 aromatic heterocycles. The van der Waals surface area contributed by atoms with Crippen LogP contribution in [0.3, 0.4) is 0 Å². The molecule has 0 saturated heterocycles. The Labute approximate surface area is 149 Å². The molecule has 0 unspecified atom stereocenters. The summed E-state index contributed by atoms with van der Waals surface area (Å²) in [6.07, 6.45) is 1.54. The van der Waals surface area contributed by atoms with Crippen LogP contribution in [0.5, 0.6) is 0 Å². The Hall–Kier alpha value is -2.60. The van der Waals surface area contributed by atoms with Crippen LogP contribution in [0.15, 0.2) is 65.4 Å². The van der Waals surface area contributed by atoms with Gasteiger partial charge in [-0.25, -0.2) is 9.97 Å². The molecule has 0 saturated carbocycles. The molecule has 5 nitrogen and oxygen atoms in total. The molecule has 1 heterocycles. The summed E-state index contributed by atoms with van der Waals surface area (Å²) in [6.45, 7) is 0. The third-order valence-electron chi connectivity index (χ3n) is 3.46. The van der Waals surface area contributed by atoms with E-state index in [1.54, 1.807) is 0 Å². The summed E-state index contributed by atoms with van der Waals surface area (Å²) >= 11 is 3.52. The molecule has 0 spiro atoms. The monoisotopic (exact) mass is 383 g/mol. The maximum atomic E-state index is 4.27. The fraction of sp³-hybridized carbons (Fsp3) is 0.111. The van der Waals surface area contributed by atoms with Crippen LogP contribution in [0.4, 0.5) is 28.7 Å². The van der Waals surface area contributed by atoms with Crippen LogP contribution in [0.1, 0.15) is 0 Å². The number of nitrogens with one attached hydrogen (secondary N) is 2. The Bertz CT molecular complexity index is 818. The van der Waals surface area contributed by atoms with Crippen LogP contribution < -0.4 is 15.5 Å². The van der Waals surface area contributed by atoms with E-state index in [0.717, 1.165) is 33.2 Å². The molecule has 0 aliphatic rings. The lowest BCUT2D eigenvalue weighted by molar-refractivity contribution is 1.13. The van der Waals surface area contributed by atoms with Crippen molar-refractivity contribution >= 4 is 44.6 Å². The molecule has 0 aliphatic carbocycles. The van der Waals surface area contributed by atoms with Gasteiger partial charge in [0.25, 0.3) is 0 Å². The van der Waals surface area contributed by atoms with Gasteiger partial charge < -0.3 is 15.5 Å². The van der Waals surface area contributed by atoms with E-state index in [0.29, 0.717) is 0 Å². The first-order chi connectivity index (χ1) is 11.6. The first-order valence-electron chi connectivity index (χ1n) is 7.50. The van der Waals surface area contributed by atoms with Gasteiger partial charge in [-0.15, -0.1) is 0 Å². The van der Waals surface area contributed by atoms with Crippen molar-refractivity contribution in [3.8, 4) is 0 Å². The highest BCUT2D eigenvalue weighted by atomic mass is 79.9. The second-order valence-electron chi connectivity index (χ2n) is 5.46. The molecule has 0 fully saturated rings. The summed E-state index contributed by atoms with van der Waals surface area (Å²) in [6, 6.07) is 18.0. The predicted molar refractivity (Wildman–Crippen MR) is 104 cm³/mol. The Kier molecular flexibility index (Phi) is 4.96. The zero-order valence-corrected chi connectivity index (χ0v) is 15.1. The minimum atomic E-state index is 0.726. The number of rotatable bonds is 5. The van der Waals surface area contributed by atoms with Crippen molar-refractivity contribution in [3.63, 3.8) is 0 Å². The van der Waals surface area contributed by atoms with Gasteiger partial charge in [0.15, 0.2) is 0 Å². The van der Waals surface area contributed by atoms with Crippen molar-refractivity contribution in [2.24, 2.45) is 0 Å². The average molecular weight is 384 g/mol. The van der Waals surface area contributed by atoms with E-state index in [9.17, 15) is 0 Å². The normalized spacial score (nSPS) is 10.3. The zero-order chi connectivity index (χ0) is 16.9. The van der Waals surface area contributed by atoms with Gasteiger partial charge in [-0.2, -0.15) is 0 Å². The summed E-state index contributed by atoms with van der Waals surface area (Å²) < 4.78 is 0.984. The number of nitrogens with zero attached hydrogens (tertiary/aromatic N) is 3. The lowest BCUT2D eigenvalue weighted by Gasteiger charge is -2.13. The lowest BCUT2D eigenvalue weighted by atomic mass is 10.2. The van der Waals surface area contributed by atoms with Crippen molar-refractivity contribution in [2.45, 2.75) is 0 Å². The molecular weight excluding hydrogens is 366 g/mol. The van der Waals surface area contributed by atoms with Crippen molar-refractivity contribution < 1.29 is 0 Å². The maximum Gasteiger partial charge on any atom is 0.135 e. The molecule has 0 radical (unpaired) electrons. The molecule has 0 amide bonds. The molecule has 3 aromatic rings. The molecular formula is C18H18BrN5. The largest absolute Gasteiger partial charge is 0.378 e. The minimum absolute atomic E-state index is 0.726. The van der Waals surface area contributed by atoms with E-state index < -0.39 is 0 Å². The van der Waals surface area contributed by atoms with Gasteiger partial charge in [0.1, 0.15) is 18.0 Å². The molecule has 24 heavy (non-hydrogen) atoms. The summed E-state index contributed by atoms with van der Waals surface area (Å²) in [5, 5.41) is 6.57. The Balaban J connectivity index is 1.74. The number of hydrogen-bond acceptors (Lipinski definition) is 5. The number of benzene rings is 2. The van der Waals surface area contributed by atoms with Gasteiger partial charge in [0, 0.05) is 36.0 Å². The fourth-order valence-electron chi connectivity index (χ4n) is 2.19. The summed E-state index contributed by atoms with van der Waals surface area (Å²) in [4.78, 5) is 10.6. The molecule has 0 aliphatic heterocycles. The standard InChI is InChI=1S/C18H18BrN5/c1-24(2)14-9-7-13(8-10-14)22-17-11-18(21-12-20-17)23-16-6-4-3-5-15(16)19/h3-12H,1-2H3,(H2,20,21,22,23). The van der Waals surface area contributed by atoms with E-state index in [-0.39, 0.29) is 0 Å². The third kappa shape index (κ3) is 4.02. The van der Waals surface area contributed by atoms with Crippen molar-refractivity contribution in [1.29, 1.82) is 0 Å². The second-order valence-corrected chi connectivity index (χ2v) is 6.31. The summed E-state index contributed by atoms with van der Waals surface area (Å²) in [7, 11) is 4.04. The number of aromatic nitrogens is 2. The third-order valence-corrected chi connectivity index (χ3v) is 4.15. The van der Waals surface area contributed by atoms with Crippen molar-refractivity contribution in [2.75, 3.05) is 29.6 Å². The molecule has 6 heteroatoms. The highest BCUT2D eigenvalue weighted by Gasteiger charge is 2.03. The molecule has 2 N–H and O–H groups in total. The highest BCUT2D eigenvalue weighted by Crippen LogP contribution is 2.25. The molecule has 2 aromatic carbocycles. The van der Waals surface area contributed by atoms with Crippen LogP contribution in [0.25, 0.3) is 0 Å². The highest BCUT2D eigenvalue weighted by molar-refractivity contribution is 9.10. The van der Waals surface area contributed by atoms with Gasteiger partial charge in [-0.1, -0.05) is 12.1 Å². The van der Waals surface area contributed by atoms with Crippen molar-refractivity contribution in [1.82, 2.24) is 9.97 Å². The van der Waals surface area contributed by atoms with Crippen LogP contribution in [0.2, 0.25) is 0 Å². The lowest BCUT2D eigenvalue weighted by Crippen LogP contribution is -2.08. The van der Waals surface area contributed by atoms with Gasteiger partial charge in [-0.3, -0.25) is 0 Å². The van der Waals surface area contributed by atoms with Gasteiger partial charge in [0.2, 0.25) is 0 Å². The van der Waals surface area contributed by atoms with Crippen LogP contribution in [-0.2, 0) is 0 Å². The van der Waals surface area contributed by atoms with Gasteiger partial charge in [-0.05, 0) is 52.3 Å². The number of anilines is 5. The van der Waals surface area contributed by atoms with E-state index in [1.165, 1.54) is 6.33 Å². The predicted octanol–water partition coefficient (Wildman–Crippen LogP) is 4.79. The second kappa shape index (κ2) is 7.31. The Morgan fingerprint density at radius 1 is 0.875 bits per heavy atom. The first-order valence-corrected chi connectivity index (χ1v) is 8.29. The molecule has 3 rings (SSSR count). The number of halogens is 1. The van der Waals surface area contributed by atoms with Gasteiger partial charge >= 0.3 is 0 Å². The number of para-hydroxylation sites is 1.